The third-order valence-corrected chi connectivity index (χ3v) is 10.1. The first-order valence-corrected chi connectivity index (χ1v) is 16.9. The monoisotopic (exact) mass is 595 g/mol. The van der Waals surface area contributed by atoms with E-state index < -0.39 is 0 Å². The van der Waals surface area contributed by atoms with Gasteiger partial charge < -0.3 is 9.30 Å². The highest BCUT2D eigenvalue weighted by molar-refractivity contribution is 7.80. The highest BCUT2D eigenvalue weighted by atomic mass is 32.1. The number of thiophene rings is 2. The fraction of sp³-hybridized carbons (Fsp3) is 0.278. The molecular formula is C36H37NOS3. The lowest BCUT2D eigenvalue weighted by Crippen LogP contribution is -1.98. The predicted molar refractivity (Wildman–Crippen MR) is 184 cm³/mol. The molecule has 0 saturated carbocycles. The summed E-state index contributed by atoms with van der Waals surface area (Å²) in [5.74, 6) is 1.94. The average molecular weight is 596 g/mol. The van der Waals surface area contributed by atoms with Crippen molar-refractivity contribution in [3.05, 3.63) is 94.7 Å². The maximum atomic E-state index is 6.10. The van der Waals surface area contributed by atoms with Crippen LogP contribution < -0.4 is 4.74 Å². The maximum absolute atomic E-state index is 6.10. The van der Waals surface area contributed by atoms with Crippen molar-refractivity contribution in [2.45, 2.75) is 52.4 Å². The van der Waals surface area contributed by atoms with Gasteiger partial charge in [-0.15, -0.1) is 22.7 Å². The van der Waals surface area contributed by atoms with E-state index in [1.807, 2.05) is 22.7 Å². The lowest BCUT2D eigenvalue weighted by molar-refractivity contribution is 0.304. The summed E-state index contributed by atoms with van der Waals surface area (Å²) < 4.78 is 8.49. The van der Waals surface area contributed by atoms with Gasteiger partial charge in [0.1, 0.15) is 5.75 Å². The van der Waals surface area contributed by atoms with Crippen LogP contribution in [-0.4, -0.2) is 16.9 Å². The van der Waals surface area contributed by atoms with Crippen molar-refractivity contribution in [2.24, 2.45) is 0 Å². The molecule has 0 fully saturated rings. The molecule has 210 valence electrons. The molecule has 0 unspecified atom stereocenters. The number of aryl methyl sites for hydroxylation is 2. The zero-order chi connectivity index (χ0) is 28.2. The number of aromatic nitrogens is 1. The van der Waals surface area contributed by atoms with Gasteiger partial charge in [-0.3, -0.25) is 0 Å². The van der Waals surface area contributed by atoms with Crippen molar-refractivity contribution < 1.29 is 4.74 Å². The number of benzene rings is 3. The molecule has 3 aromatic carbocycles. The average Bonchev–Trinajstić information content (AvgIpc) is 3.71. The van der Waals surface area contributed by atoms with Crippen LogP contribution in [0.15, 0.2) is 84.9 Å². The molecule has 0 radical (unpaired) electrons. The molecule has 3 heterocycles. The first-order valence-electron chi connectivity index (χ1n) is 14.7. The van der Waals surface area contributed by atoms with E-state index in [2.05, 4.69) is 116 Å². The minimum absolute atomic E-state index is 0.775. The molecule has 0 amide bonds. The van der Waals surface area contributed by atoms with Crippen LogP contribution in [0.3, 0.4) is 0 Å². The Bertz CT molecular complexity index is 1660. The second-order valence-corrected chi connectivity index (χ2v) is 13.8. The number of hydrogen-bond acceptors (Lipinski definition) is 4. The van der Waals surface area contributed by atoms with Crippen LogP contribution in [-0.2, 0) is 0 Å². The first-order chi connectivity index (χ1) is 20.1. The molecule has 0 spiro atoms. The summed E-state index contributed by atoms with van der Waals surface area (Å²) in [5.41, 5.74) is 6.15. The van der Waals surface area contributed by atoms with E-state index in [1.165, 1.54) is 84.5 Å². The van der Waals surface area contributed by atoms with Crippen LogP contribution in [0.5, 0.6) is 5.75 Å². The molecule has 5 heteroatoms. The molecule has 0 bridgehead atoms. The van der Waals surface area contributed by atoms with Crippen LogP contribution in [0.25, 0.3) is 48.4 Å². The van der Waals surface area contributed by atoms with Crippen LogP contribution in [0, 0.1) is 13.8 Å². The summed E-state index contributed by atoms with van der Waals surface area (Å²) in [6.07, 6.45) is 7.43. The van der Waals surface area contributed by atoms with Gasteiger partial charge in [0.05, 0.1) is 17.6 Å². The quantitative estimate of drug-likeness (QED) is 0.110. The molecule has 3 aromatic heterocycles. The Kier molecular flexibility index (Phi) is 8.85. The van der Waals surface area contributed by atoms with Crippen molar-refractivity contribution >= 4 is 57.1 Å². The van der Waals surface area contributed by atoms with E-state index >= 15 is 0 Å². The van der Waals surface area contributed by atoms with E-state index in [4.69, 9.17) is 4.74 Å². The molecule has 0 aliphatic carbocycles. The zero-order valence-corrected chi connectivity index (χ0v) is 26.4. The lowest BCUT2D eigenvalue weighted by Gasteiger charge is -2.11. The molecule has 41 heavy (non-hydrogen) atoms. The van der Waals surface area contributed by atoms with Gasteiger partial charge in [-0.1, -0.05) is 37.8 Å². The maximum Gasteiger partial charge on any atom is 0.119 e. The van der Waals surface area contributed by atoms with Crippen LogP contribution in [0.4, 0.5) is 0 Å². The second kappa shape index (κ2) is 12.9. The van der Waals surface area contributed by atoms with Crippen molar-refractivity contribution in [3.8, 4) is 32.3 Å². The van der Waals surface area contributed by atoms with Gasteiger partial charge in [-0.05, 0) is 116 Å². The van der Waals surface area contributed by atoms with E-state index in [0.29, 0.717) is 0 Å². The molecule has 6 aromatic rings. The van der Waals surface area contributed by atoms with Gasteiger partial charge in [-0.25, -0.2) is 0 Å². The minimum Gasteiger partial charge on any atom is -0.494 e. The molecule has 0 atom stereocenters. The Labute approximate surface area is 257 Å². The number of nitrogens with zero attached hydrogens (tertiary/aromatic N) is 1. The molecule has 2 nitrogen and oxygen atoms in total. The van der Waals surface area contributed by atoms with Crippen molar-refractivity contribution in [3.63, 3.8) is 0 Å². The number of fused-ring (bicyclic) bond motifs is 3. The van der Waals surface area contributed by atoms with Gasteiger partial charge in [-0.2, -0.15) is 12.6 Å². The summed E-state index contributed by atoms with van der Waals surface area (Å²) in [4.78, 5) is 5.30. The first kappa shape index (κ1) is 28.1. The number of unbranched alkanes of at least 4 members (excludes halogenated alkanes) is 5. The van der Waals surface area contributed by atoms with Gasteiger partial charge in [0.25, 0.3) is 0 Å². The standard InChI is InChI=1S/C36H37NOS3/c1-25-9-19-35(40-25)27-11-17-33-31(23-27)32-24-28(36-20-10-26(2)41-36)12-18-34(32)37(33)29-13-15-30(16-14-29)38-21-7-5-3-4-6-8-22-39/h9-20,23-24,39H,3-8,21-22H2,1-2H3. The van der Waals surface area contributed by atoms with E-state index in [9.17, 15) is 0 Å². The fourth-order valence-electron chi connectivity index (χ4n) is 5.59. The minimum atomic E-state index is 0.775. The largest absolute Gasteiger partial charge is 0.494 e. The Morgan fingerprint density at radius 3 is 1.66 bits per heavy atom. The molecular weight excluding hydrogens is 559 g/mol. The number of rotatable bonds is 12. The molecule has 0 aliphatic rings. The van der Waals surface area contributed by atoms with Gasteiger partial charge in [0, 0.05) is 36.0 Å². The Morgan fingerprint density at radius 1 is 0.610 bits per heavy atom. The second-order valence-electron chi connectivity index (χ2n) is 10.8. The van der Waals surface area contributed by atoms with Gasteiger partial charge in [0.2, 0.25) is 0 Å². The number of ether oxygens (including phenoxy) is 1. The van der Waals surface area contributed by atoms with Crippen molar-refractivity contribution in [1.82, 2.24) is 4.57 Å². The molecule has 6 rings (SSSR count). The van der Waals surface area contributed by atoms with E-state index in [1.54, 1.807) is 0 Å². The van der Waals surface area contributed by atoms with Crippen molar-refractivity contribution in [1.29, 1.82) is 0 Å². The van der Waals surface area contributed by atoms with Crippen LogP contribution >= 0.6 is 35.3 Å². The molecule has 0 aliphatic heterocycles. The van der Waals surface area contributed by atoms with Crippen LogP contribution in [0.1, 0.15) is 48.3 Å². The summed E-state index contributed by atoms with van der Waals surface area (Å²) in [6, 6.07) is 31.4. The summed E-state index contributed by atoms with van der Waals surface area (Å²) in [5, 5.41) is 2.57. The fourth-order valence-corrected chi connectivity index (χ4v) is 7.54. The summed E-state index contributed by atoms with van der Waals surface area (Å²) >= 11 is 8.01. The Hall–Kier alpha value is -2.99. The lowest BCUT2D eigenvalue weighted by atomic mass is 10.1. The van der Waals surface area contributed by atoms with E-state index in [0.717, 1.165) is 30.2 Å². The molecule has 0 N–H and O–H groups in total. The summed E-state index contributed by atoms with van der Waals surface area (Å²) in [7, 11) is 0. The highest BCUT2D eigenvalue weighted by Crippen LogP contribution is 2.39. The Balaban J connectivity index is 1.30. The zero-order valence-electron chi connectivity index (χ0n) is 23.9. The third kappa shape index (κ3) is 6.28. The van der Waals surface area contributed by atoms with Gasteiger partial charge >= 0.3 is 0 Å². The topological polar surface area (TPSA) is 14.2 Å². The molecule has 0 saturated heterocycles. The predicted octanol–water partition coefficient (Wildman–Crippen LogP) is 11.5. The third-order valence-electron chi connectivity index (χ3n) is 7.73. The summed E-state index contributed by atoms with van der Waals surface area (Å²) in [6.45, 7) is 5.12. The van der Waals surface area contributed by atoms with Gasteiger partial charge in [0.15, 0.2) is 0 Å². The SMILES string of the molecule is Cc1ccc(-c2ccc3c(c2)c2cc(-c4ccc(C)s4)ccc2n3-c2ccc(OCCCCCCCCS)cc2)s1. The normalized spacial score (nSPS) is 11.6. The Morgan fingerprint density at radius 2 is 1.15 bits per heavy atom. The van der Waals surface area contributed by atoms with Crippen molar-refractivity contribution in [2.75, 3.05) is 12.4 Å². The number of thiol groups is 1. The highest BCUT2D eigenvalue weighted by Gasteiger charge is 2.15. The van der Waals surface area contributed by atoms with Crippen LogP contribution in [0.2, 0.25) is 0 Å². The number of hydrogen-bond donors (Lipinski definition) is 1. The van der Waals surface area contributed by atoms with E-state index in [-0.39, 0.29) is 0 Å². The smallest absolute Gasteiger partial charge is 0.119 e.